The predicted molar refractivity (Wildman–Crippen MR) is 126 cm³/mol. The van der Waals surface area contributed by atoms with Crippen molar-refractivity contribution in [2.75, 3.05) is 47.0 Å². The summed E-state index contributed by atoms with van der Waals surface area (Å²) in [6.45, 7) is 3.58. The molecule has 0 atom stereocenters. The molecule has 1 N–H and O–H groups in total. The number of aromatic nitrogens is 2. The van der Waals surface area contributed by atoms with Crippen molar-refractivity contribution in [3.8, 4) is 0 Å². The van der Waals surface area contributed by atoms with Gasteiger partial charge in [0.25, 0.3) is 0 Å². The van der Waals surface area contributed by atoms with Gasteiger partial charge >= 0.3 is 0 Å². The van der Waals surface area contributed by atoms with Crippen LogP contribution >= 0.6 is 27.7 Å². The van der Waals surface area contributed by atoms with Crippen molar-refractivity contribution in [3.05, 3.63) is 71.5 Å². The number of piperazine rings is 1. The molecule has 6 nitrogen and oxygen atoms in total. The molecule has 4 rings (SSSR count). The maximum atomic E-state index is 12.4. The van der Waals surface area contributed by atoms with E-state index in [1.807, 2.05) is 30.3 Å². The van der Waals surface area contributed by atoms with E-state index in [0.717, 1.165) is 47.2 Å². The lowest BCUT2D eigenvalue weighted by Gasteiger charge is -2.37. The van der Waals surface area contributed by atoms with E-state index in [4.69, 9.17) is 0 Å². The highest BCUT2D eigenvalue weighted by atomic mass is 79.9. The van der Waals surface area contributed by atoms with Crippen LogP contribution in [0.1, 0.15) is 0 Å². The SMILES string of the molecule is O=C(CSc1nccnc1N1CCN(c2ccccc2)CC1)Nc1ccccc1Br. The van der Waals surface area contributed by atoms with Gasteiger partial charge in [0, 0.05) is 48.7 Å². The lowest BCUT2D eigenvalue weighted by molar-refractivity contribution is -0.113. The molecule has 0 bridgehead atoms. The average Bonchev–Trinajstić information content (AvgIpc) is 2.80. The lowest BCUT2D eigenvalue weighted by atomic mass is 10.2. The molecule has 0 saturated carbocycles. The molecular formula is C22H22BrN5OS. The van der Waals surface area contributed by atoms with Gasteiger partial charge < -0.3 is 15.1 Å². The first kappa shape index (κ1) is 20.7. The van der Waals surface area contributed by atoms with E-state index in [1.165, 1.54) is 17.4 Å². The minimum atomic E-state index is -0.0719. The topological polar surface area (TPSA) is 61.4 Å². The van der Waals surface area contributed by atoms with Crippen LogP contribution in [0.25, 0.3) is 0 Å². The summed E-state index contributed by atoms with van der Waals surface area (Å²) >= 11 is 4.87. The number of benzene rings is 2. The molecular weight excluding hydrogens is 462 g/mol. The van der Waals surface area contributed by atoms with Gasteiger partial charge in [-0.05, 0) is 40.2 Å². The maximum Gasteiger partial charge on any atom is 0.234 e. The van der Waals surface area contributed by atoms with Crippen molar-refractivity contribution >= 4 is 50.8 Å². The Morgan fingerprint density at radius 3 is 2.37 bits per heavy atom. The van der Waals surface area contributed by atoms with Crippen LogP contribution in [0.15, 0.2) is 76.5 Å². The number of para-hydroxylation sites is 2. The Hall–Kier alpha value is -2.58. The van der Waals surface area contributed by atoms with Gasteiger partial charge in [0.05, 0.1) is 11.4 Å². The minimum absolute atomic E-state index is 0.0719. The number of anilines is 3. The molecule has 3 aromatic rings. The van der Waals surface area contributed by atoms with E-state index in [-0.39, 0.29) is 11.7 Å². The fourth-order valence-corrected chi connectivity index (χ4v) is 4.50. The van der Waals surface area contributed by atoms with Gasteiger partial charge in [0.1, 0.15) is 5.03 Å². The van der Waals surface area contributed by atoms with E-state index in [1.54, 1.807) is 12.4 Å². The summed E-state index contributed by atoms with van der Waals surface area (Å²) in [5.74, 6) is 1.05. The molecule has 1 fully saturated rings. The number of nitrogens with one attached hydrogen (secondary N) is 1. The molecule has 1 aliphatic heterocycles. The standard InChI is InChI=1S/C22H22BrN5OS/c23-18-8-4-5-9-19(18)26-20(29)16-30-22-21(24-10-11-25-22)28-14-12-27(13-15-28)17-6-2-1-3-7-17/h1-11H,12-16H2,(H,26,29). The number of rotatable bonds is 6. The van der Waals surface area contributed by atoms with Crippen LogP contribution in [0.4, 0.5) is 17.2 Å². The minimum Gasteiger partial charge on any atom is -0.368 e. The van der Waals surface area contributed by atoms with Crippen molar-refractivity contribution in [1.82, 2.24) is 9.97 Å². The summed E-state index contributed by atoms with van der Waals surface area (Å²) in [5.41, 5.74) is 2.01. The van der Waals surface area contributed by atoms with Gasteiger partial charge in [-0.1, -0.05) is 42.1 Å². The summed E-state index contributed by atoms with van der Waals surface area (Å²) in [4.78, 5) is 26.1. The number of amides is 1. The molecule has 1 saturated heterocycles. The highest BCUT2D eigenvalue weighted by molar-refractivity contribution is 9.10. The highest BCUT2D eigenvalue weighted by Gasteiger charge is 2.21. The van der Waals surface area contributed by atoms with Gasteiger partial charge in [-0.15, -0.1) is 0 Å². The van der Waals surface area contributed by atoms with Crippen molar-refractivity contribution < 1.29 is 4.79 Å². The third-order valence-electron chi connectivity index (χ3n) is 4.84. The Kier molecular flexibility index (Phi) is 6.86. The molecule has 2 aromatic carbocycles. The Morgan fingerprint density at radius 2 is 1.60 bits per heavy atom. The molecule has 1 aromatic heterocycles. The number of carbonyl (C=O) groups excluding carboxylic acids is 1. The normalized spacial score (nSPS) is 13.9. The number of thioether (sulfide) groups is 1. The molecule has 0 unspecified atom stereocenters. The Bertz CT molecular complexity index is 996. The average molecular weight is 484 g/mol. The lowest BCUT2D eigenvalue weighted by Crippen LogP contribution is -2.47. The first-order valence-electron chi connectivity index (χ1n) is 9.74. The zero-order valence-corrected chi connectivity index (χ0v) is 18.8. The number of nitrogens with zero attached hydrogens (tertiary/aromatic N) is 4. The molecule has 1 aliphatic rings. The highest BCUT2D eigenvalue weighted by Crippen LogP contribution is 2.28. The monoisotopic (exact) mass is 483 g/mol. The quantitative estimate of drug-likeness (QED) is 0.527. The summed E-state index contributed by atoms with van der Waals surface area (Å²) in [5, 5.41) is 3.71. The Morgan fingerprint density at radius 1 is 0.933 bits per heavy atom. The molecule has 30 heavy (non-hydrogen) atoms. The number of carbonyl (C=O) groups is 1. The number of hydrogen-bond donors (Lipinski definition) is 1. The molecule has 0 radical (unpaired) electrons. The van der Waals surface area contributed by atoms with E-state index >= 15 is 0 Å². The largest absolute Gasteiger partial charge is 0.368 e. The summed E-state index contributed by atoms with van der Waals surface area (Å²) in [7, 11) is 0. The second-order valence-electron chi connectivity index (χ2n) is 6.81. The van der Waals surface area contributed by atoms with E-state index in [2.05, 4.69) is 65.3 Å². The smallest absolute Gasteiger partial charge is 0.234 e. The fourth-order valence-electron chi connectivity index (χ4n) is 3.33. The van der Waals surface area contributed by atoms with Crippen LogP contribution in [0.3, 0.4) is 0 Å². The van der Waals surface area contributed by atoms with Crippen molar-refractivity contribution in [3.63, 3.8) is 0 Å². The Labute approximate surface area is 188 Å². The third kappa shape index (κ3) is 5.12. The van der Waals surface area contributed by atoms with E-state index in [0.29, 0.717) is 0 Å². The maximum absolute atomic E-state index is 12.4. The van der Waals surface area contributed by atoms with Crippen molar-refractivity contribution in [2.45, 2.75) is 5.03 Å². The van der Waals surface area contributed by atoms with Gasteiger partial charge in [-0.3, -0.25) is 4.79 Å². The summed E-state index contributed by atoms with van der Waals surface area (Å²) < 4.78 is 0.861. The fraction of sp³-hybridized carbons (Fsp3) is 0.227. The van der Waals surface area contributed by atoms with Crippen LogP contribution in [0.5, 0.6) is 0 Å². The van der Waals surface area contributed by atoms with Crippen LogP contribution in [0, 0.1) is 0 Å². The molecule has 0 aliphatic carbocycles. The zero-order valence-electron chi connectivity index (χ0n) is 16.4. The molecule has 154 valence electrons. The van der Waals surface area contributed by atoms with Gasteiger partial charge in [-0.2, -0.15) is 0 Å². The van der Waals surface area contributed by atoms with Crippen LogP contribution in [0.2, 0.25) is 0 Å². The molecule has 8 heteroatoms. The van der Waals surface area contributed by atoms with Crippen molar-refractivity contribution in [1.29, 1.82) is 0 Å². The number of halogens is 1. The van der Waals surface area contributed by atoms with E-state index in [9.17, 15) is 4.79 Å². The van der Waals surface area contributed by atoms with E-state index < -0.39 is 0 Å². The van der Waals surface area contributed by atoms with Crippen molar-refractivity contribution in [2.24, 2.45) is 0 Å². The second-order valence-corrected chi connectivity index (χ2v) is 8.63. The predicted octanol–water partition coefficient (Wildman–Crippen LogP) is 4.30. The summed E-state index contributed by atoms with van der Waals surface area (Å²) in [6.07, 6.45) is 3.39. The Balaban J connectivity index is 1.36. The third-order valence-corrected chi connectivity index (χ3v) is 6.49. The zero-order chi connectivity index (χ0) is 20.8. The number of hydrogen-bond acceptors (Lipinski definition) is 6. The first-order valence-corrected chi connectivity index (χ1v) is 11.5. The summed E-state index contributed by atoms with van der Waals surface area (Å²) in [6, 6.07) is 18.0. The molecule has 1 amide bonds. The van der Waals surface area contributed by atoms with Gasteiger partial charge in [-0.25, -0.2) is 9.97 Å². The second kappa shape index (κ2) is 9.95. The van der Waals surface area contributed by atoms with Gasteiger partial charge in [0.15, 0.2) is 5.82 Å². The van der Waals surface area contributed by atoms with Crippen LogP contribution < -0.4 is 15.1 Å². The first-order chi connectivity index (χ1) is 14.7. The molecule has 0 spiro atoms. The van der Waals surface area contributed by atoms with Gasteiger partial charge in [0.2, 0.25) is 5.91 Å². The van der Waals surface area contributed by atoms with Crippen LogP contribution in [-0.2, 0) is 4.79 Å². The van der Waals surface area contributed by atoms with Crippen LogP contribution in [-0.4, -0.2) is 47.8 Å². The molecule has 2 heterocycles.